The molecule has 0 radical (unpaired) electrons. The lowest BCUT2D eigenvalue weighted by Crippen LogP contribution is -2.31. The van der Waals surface area contributed by atoms with Crippen LogP contribution in [0.1, 0.15) is 39.6 Å². The van der Waals surface area contributed by atoms with E-state index in [4.69, 9.17) is 7.16 Å². The fraction of sp³-hybridized carbons (Fsp3) is 0.286. The molecule has 1 fully saturated rings. The number of furan rings is 1. The van der Waals surface area contributed by atoms with Crippen molar-refractivity contribution in [3.63, 3.8) is 0 Å². The van der Waals surface area contributed by atoms with Gasteiger partial charge in [0.15, 0.2) is 11.8 Å². The normalized spacial score (nSPS) is 16.3. The van der Waals surface area contributed by atoms with Crippen LogP contribution in [0.2, 0.25) is 0 Å². The fourth-order valence-corrected chi connectivity index (χ4v) is 5.10. The van der Waals surface area contributed by atoms with Gasteiger partial charge in [-0.2, -0.15) is 0 Å². The minimum Gasteiger partial charge on any atom is -0.437 e. The summed E-state index contributed by atoms with van der Waals surface area (Å²) in [7, 11) is 2.01. The molecule has 0 unspecified atom stereocenters. The van der Waals surface area contributed by atoms with Gasteiger partial charge in [0.25, 0.3) is 0 Å². The number of hydrogen-bond acceptors (Lipinski definition) is 2. The SMILES string of the molecule is [2H]C([2H])(c1cc[n+](C)c(-c2c(C)ccc3c2oc2ncc4ccccc4c23)c1)C1CCCC1. The number of aryl methyl sites for hydroxylation is 2. The Labute approximate surface area is 185 Å². The number of benzene rings is 2. The van der Waals surface area contributed by atoms with E-state index in [1.807, 2.05) is 43.7 Å². The average molecular weight is 410 g/mol. The first kappa shape index (κ1) is 16.5. The van der Waals surface area contributed by atoms with E-state index in [0.29, 0.717) is 5.71 Å². The molecule has 154 valence electrons. The molecule has 6 rings (SSSR count). The van der Waals surface area contributed by atoms with E-state index < -0.39 is 6.37 Å². The molecule has 31 heavy (non-hydrogen) atoms. The van der Waals surface area contributed by atoms with Crippen molar-refractivity contribution in [1.82, 2.24) is 4.98 Å². The van der Waals surface area contributed by atoms with Crippen molar-refractivity contribution >= 4 is 32.8 Å². The lowest BCUT2D eigenvalue weighted by Gasteiger charge is -2.10. The predicted octanol–water partition coefficient (Wildman–Crippen LogP) is 6.67. The molecule has 5 aromatic rings. The highest BCUT2D eigenvalue weighted by Gasteiger charge is 2.23. The Hall–Kier alpha value is -3.20. The van der Waals surface area contributed by atoms with Crippen LogP contribution in [0.25, 0.3) is 44.1 Å². The van der Waals surface area contributed by atoms with Crippen LogP contribution in [0.15, 0.2) is 65.3 Å². The maximum absolute atomic E-state index is 8.91. The molecule has 0 spiro atoms. The predicted molar refractivity (Wildman–Crippen MR) is 126 cm³/mol. The first-order valence-corrected chi connectivity index (χ1v) is 11.2. The molecular formula is C28H27N2O+. The Bertz CT molecular complexity index is 1530. The highest BCUT2D eigenvalue weighted by atomic mass is 16.3. The van der Waals surface area contributed by atoms with Crippen molar-refractivity contribution in [1.29, 1.82) is 0 Å². The number of fused-ring (bicyclic) bond motifs is 5. The van der Waals surface area contributed by atoms with Gasteiger partial charge in [-0.15, -0.1) is 0 Å². The van der Waals surface area contributed by atoms with Gasteiger partial charge in [0, 0.05) is 31.8 Å². The van der Waals surface area contributed by atoms with Gasteiger partial charge >= 0.3 is 0 Å². The number of aromatic nitrogens is 2. The van der Waals surface area contributed by atoms with Crippen LogP contribution >= 0.6 is 0 Å². The molecule has 1 aliphatic rings. The molecular weight excluding hydrogens is 380 g/mol. The van der Waals surface area contributed by atoms with E-state index in [2.05, 4.69) is 40.7 Å². The lowest BCUT2D eigenvalue weighted by atomic mass is 9.95. The molecule has 0 N–H and O–H groups in total. The molecule has 0 aliphatic heterocycles. The van der Waals surface area contributed by atoms with E-state index in [0.717, 1.165) is 75.2 Å². The smallest absolute Gasteiger partial charge is 0.227 e. The molecule has 1 saturated carbocycles. The van der Waals surface area contributed by atoms with Gasteiger partial charge in [-0.05, 0) is 35.7 Å². The van der Waals surface area contributed by atoms with Crippen LogP contribution in [-0.4, -0.2) is 4.98 Å². The molecule has 3 nitrogen and oxygen atoms in total. The topological polar surface area (TPSA) is 29.9 Å². The van der Waals surface area contributed by atoms with Crippen LogP contribution in [0.4, 0.5) is 0 Å². The van der Waals surface area contributed by atoms with Crippen LogP contribution in [0.5, 0.6) is 0 Å². The molecule has 0 saturated heterocycles. The minimum absolute atomic E-state index is 0.0803. The van der Waals surface area contributed by atoms with E-state index in [1.54, 1.807) is 0 Å². The van der Waals surface area contributed by atoms with E-state index >= 15 is 0 Å². The average Bonchev–Trinajstić information content (AvgIpc) is 3.48. The summed E-state index contributed by atoms with van der Waals surface area (Å²) in [5.74, 6) is 0.0803. The van der Waals surface area contributed by atoms with E-state index in [9.17, 15) is 0 Å². The highest BCUT2D eigenvalue weighted by molar-refractivity contribution is 6.19. The minimum atomic E-state index is -1.34. The first-order valence-electron chi connectivity index (χ1n) is 12.2. The highest BCUT2D eigenvalue weighted by Crippen LogP contribution is 2.39. The summed E-state index contributed by atoms with van der Waals surface area (Å²) in [6, 6.07) is 16.5. The third-order valence-electron chi connectivity index (χ3n) is 6.73. The molecule has 0 bridgehead atoms. The van der Waals surface area contributed by atoms with Crippen molar-refractivity contribution < 1.29 is 11.7 Å². The largest absolute Gasteiger partial charge is 0.437 e. The van der Waals surface area contributed by atoms with Crippen LogP contribution in [0, 0.1) is 12.8 Å². The van der Waals surface area contributed by atoms with Crippen LogP contribution < -0.4 is 4.57 Å². The number of rotatable bonds is 3. The number of hydrogen-bond donors (Lipinski definition) is 0. The fourth-order valence-electron chi connectivity index (χ4n) is 5.10. The summed E-state index contributed by atoms with van der Waals surface area (Å²) < 4.78 is 26.3. The van der Waals surface area contributed by atoms with Gasteiger partial charge in [-0.25, -0.2) is 9.55 Å². The molecule has 0 amide bonds. The van der Waals surface area contributed by atoms with Gasteiger partial charge in [0.05, 0.1) is 10.9 Å². The molecule has 2 aromatic carbocycles. The van der Waals surface area contributed by atoms with Crippen molar-refractivity contribution in [3.05, 3.63) is 72.1 Å². The number of nitrogens with zero attached hydrogens (tertiary/aromatic N) is 2. The Balaban J connectivity index is 1.62. The maximum Gasteiger partial charge on any atom is 0.227 e. The Morgan fingerprint density at radius 3 is 2.81 bits per heavy atom. The third-order valence-corrected chi connectivity index (χ3v) is 6.73. The molecule has 1 aliphatic carbocycles. The van der Waals surface area contributed by atoms with Crippen molar-refractivity contribution in [3.8, 4) is 11.3 Å². The summed E-state index contributed by atoms with van der Waals surface area (Å²) in [4.78, 5) is 4.61. The van der Waals surface area contributed by atoms with E-state index in [-0.39, 0.29) is 5.92 Å². The van der Waals surface area contributed by atoms with Crippen LogP contribution in [0.3, 0.4) is 0 Å². The van der Waals surface area contributed by atoms with E-state index in [1.165, 1.54) is 0 Å². The Morgan fingerprint density at radius 2 is 1.94 bits per heavy atom. The zero-order chi connectivity index (χ0) is 22.7. The summed E-state index contributed by atoms with van der Waals surface area (Å²) >= 11 is 0. The van der Waals surface area contributed by atoms with Crippen molar-refractivity contribution in [2.45, 2.75) is 39.0 Å². The summed E-state index contributed by atoms with van der Waals surface area (Å²) in [5, 5.41) is 4.29. The Kier molecular flexibility index (Phi) is 3.83. The quantitative estimate of drug-likeness (QED) is 0.312. The maximum atomic E-state index is 8.91. The first-order chi connectivity index (χ1) is 15.9. The van der Waals surface area contributed by atoms with Gasteiger partial charge in [0.2, 0.25) is 11.4 Å². The van der Waals surface area contributed by atoms with Gasteiger partial charge in [0.1, 0.15) is 7.05 Å². The van der Waals surface area contributed by atoms with Gasteiger partial charge in [-0.3, -0.25) is 0 Å². The second-order valence-electron chi connectivity index (χ2n) is 8.80. The van der Waals surface area contributed by atoms with Gasteiger partial charge in [-0.1, -0.05) is 62.1 Å². The van der Waals surface area contributed by atoms with Crippen molar-refractivity contribution in [2.75, 3.05) is 0 Å². The lowest BCUT2D eigenvalue weighted by molar-refractivity contribution is -0.660. The standard InChI is InChI=1S/C28H27N2O/c1-18-11-12-23-26-22-10-6-5-9-21(22)17-29-28(26)31-27(23)25(18)24-16-20(13-14-30(24)2)15-19-7-3-4-8-19/h5-6,9-14,16-17,19H,3-4,7-8,15H2,1-2H3/q+1/i15D2. The molecule has 3 heteroatoms. The zero-order valence-electron chi connectivity index (χ0n) is 20.0. The number of pyridine rings is 2. The third kappa shape index (κ3) is 3.03. The summed E-state index contributed by atoms with van der Waals surface area (Å²) in [5.41, 5.74) is 5.25. The molecule has 3 heterocycles. The second-order valence-corrected chi connectivity index (χ2v) is 8.80. The monoisotopic (exact) mass is 409 g/mol. The van der Waals surface area contributed by atoms with Gasteiger partial charge < -0.3 is 4.42 Å². The molecule has 0 atom stereocenters. The zero-order valence-corrected chi connectivity index (χ0v) is 18.0. The molecule has 3 aromatic heterocycles. The van der Waals surface area contributed by atoms with Crippen LogP contribution in [-0.2, 0) is 13.4 Å². The second kappa shape index (κ2) is 7.19. The van der Waals surface area contributed by atoms with Crippen molar-refractivity contribution in [2.24, 2.45) is 13.0 Å². The summed E-state index contributed by atoms with van der Waals surface area (Å²) in [6.07, 6.45) is 6.66. The summed E-state index contributed by atoms with van der Waals surface area (Å²) in [6.45, 7) is 2.09. The Morgan fingerprint density at radius 1 is 1.10 bits per heavy atom.